The van der Waals surface area contributed by atoms with E-state index in [-0.39, 0.29) is 0 Å². The van der Waals surface area contributed by atoms with E-state index in [4.69, 9.17) is 4.74 Å². The Morgan fingerprint density at radius 3 is 2.11 bits per heavy atom. The zero-order chi connectivity index (χ0) is 26.9. The minimum absolute atomic E-state index is 0.379. The molecule has 2 aromatic carbocycles. The number of rotatable bonds is 3. The summed E-state index contributed by atoms with van der Waals surface area (Å²) in [6.45, 7) is 6.32. The van der Waals surface area contributed by atoms with Crippen molar-refractivity contribution in [2.24, 2.45) is 0 Å². The average molecular weight is 515 g/mol. The zero-order valence-corrected chi connectivity index (χ0v) is 20.0. The van der Waals surface area contributed by atoms with E-state index in [1.807, 2.05) is 12.1 Å². The summed E-state index contributed by atoms with van der Waals surface area (Å²) in [5.74, 6) is 0. The Kier molecular flexibility index (Phi) is 7.51. The summed E-state index contributed by atoms with van der Waals surface area (Å²) in [7, 11) is 0. The highest BCUT2D eigenvalue weighted by Gasteiger charge is 2.71. The van der Waals surface area contributed by atoms with Crippen LogP contribution in [0.15, 0.2) is 54.1 Å². The molecule has 36 heavy (non-hydrogen) atoms. The van der Waals surface area contributed by atoms with Crippen LogP contribution in [0.1, 0.15) is 44.7 Å². The Morgan fingerprint density at radius 1 is 0.944 bits per heavy atom. The van der Waals surface area contributed by atoms with Crippen LogP contribution in [-0.4, -0.2) is 47.1 Å². The van der Waals surface area contributed by atoms with Gasteiger partial charge in [0.2, 0.25) is 0 Å². The van der Waals surface area contributed by atoms with E-state index in [9.17, 15) is 36.2 Å². The molecule has 0 atom stereocenters. The third kappa shape index (κ3) is 6.03. The number of likely N-dealkylation sites (tertiary alicyclic amines) is 1. The Balaban J connectivity index is 1.83. The van der Waals surface area contributed by atoms with Crippen LogP contribution in [0.2, 0.25) is 0 Å². The molecule has 0 spiro atoms. The molecular weight excluding hydrogens is 488 g/mol. The molecule has 1 N–H and O–H groups in total. The Bertz CT molecular complexity index is 1100. The van der Waals surface area contributed by atoms with Crippen molar-refractivity contribution in [3.63, 3.8) is 0 Å². The standard InChI is InChI=1S/C26H27F6NO3/c1-23(2,3)36-22(34)33-13-5-7-18(16-33)14-17-6-4-8-20(15-17)19-9-11-21(12-10-19)24(35,25(27,28)29)26(30,31)32/h4,6,8-12,14-15,35H,5,7,13,16H2,1-3H3/b18-14+. The van der Waals surface area contributed by atoms with Crippen LogP contribution in [0, 0.1) is 0 Å². The molecule has 1 amide bonds. The molecule has 0 radical (unpaired) electrons. The molecule has 1 saturated heterocycles. The highest BCUT2D eigenvalue weighted by molar-refractivity contribution is 5.71. The first-order valence-electron chi connectivity index (χ1n) is 11.3. The van der Waals surface area contributed by atoms with E-state index in [0.29, 0.717) is 36.3 Å². The van der Waals surface area contributed by atoms with Gasteiger partial charge in [-0.2, -0.15) is 26.3 Å². The number of benzene rings is 2. The number of nitrogens with zero attached hydrogens (tertiary/aromatic N) is 1. The first-order chi connectivity index (χ1) is 16.5. The smallest absolute Gasteiger partial charge is 0.430 e. The van der Waals surface area contributed by atoms with Gasteiger partial charge < -0.3 is 14.7 Å². The number of piperidine rings is 1. The fraction of sp³-hybridized carbons (Fsp3) is 0.423. The summed E-state index contributed by atoms with van der Waals surface area (Å²) < 4.78 is 84.2. The van der Waals surface area contributed by atoms with Crippen molar-refractivity contribution < 1.29 is 41.0 Å². The van der Waals surface area contributed by atoms with Gasteiger partial charge in [-0.25, -0.2) is 4.79 Å². The van der Waals surface area contributed by atoms with Gasteiger partial charge in [0, 0.05) is 18.7 Å². The summed E-state index contributed by atoms with van der Waals surface area (Å²) in [4.78, 5) is 14.0. The number of alkyl halides is 6. The summed E-state index contributed by atoms with van der Waals surface area (Å²) in [5, 5.41) is 9.57. The lowest BCUT2D eigenvalue weighted by Gasteiger charge is -2.32. The lowest BCUT2D eigenvalue weighted by atomic mass is 9.90. The normalized spacial score (nSPS) is 16.8. The predicted molar refractivity (Wildman–Crippen MR) is 123 cm³/mol. The van der Waals surface area contributed by atoms with Crippen molar-refractivity contribution in [1.82, 2.24) is 4.90 Å². The molecule has 0 unspecified atom stereocenters. The van der Waals surface area contributed by atoms with Crippen molar-refractivity contribution >= 4 is 12.2 Å². The molecule has 1 aliphatic rings. The average Bonchev–Trinajstić information content (AvgIpc) is 2.76. The molecule has 1 aliphatic heterocycles. The Labute approximate surface area is 205 Å². The number of halogens is 6. The SMILES string of the molecule is CC(C)(C)OC(=O)N1CCC/C(=C\c2cccc(-c3ccc(C(O)(C(F)(F)F)C(F)(F)F)cc3)c2)C1. The first-order valence-corrected chi connectivity index (χ1v) is 11.3. The Hall–Kier alpha value is -3.01. The number of aliphatic hydroxyl groups is 1. The van der Waals surface area contributed by atoms with Crippen LogP contribution < -0.4 is 0 Å². The van der Waals surface area contributed by atoms with Crippen LogP contribution in [0.3, 0.4) is 0 Å². The fourth-order valence-electron chi connectivity index (χ4n) is 3.94. The predicted octanol–water partition coefficient (Wildman–Crippen LogP) is 7.08. The monoisotopic (exact) mass is 515 g/mol. The van der Waals surface area contributed by atoms with Crippen LogP contribution in [-0.2, 0) is 10.3 Å². The molecule has 1 fully saturated rings. The van der Waals surface area contributed by atoms with Crippen LogP contribution in [0.25, 0.3) is 17.2 Å². The maximum Gasteiger partial charge on any atom is 0.430 e. The molecule has 196 valence electrons. The first kappa shape index (κ1) is 27.6. The molecule has 10 heteroatoms. The van der Waals surface area contributed by atoms with Gasteiger partial charge in [-0.3, -0.25) is 0 Å². The number of hydrogen-bond acceptors (Lipinski definition) is 3. The molecular formula is C26H27F6NO3. The van der Waals surface area contributed by atoms with E-state index >= 15 is 0 Å². The largest absolute Gasteiger partial charge is 0.444 e. The van der Waals surface area contributed by atoms with Gasteiger partial charge in [0.15, 0.2) is 0 Å². The molecule has 0 aromatic heterocycles. The van der Waals surface area contributed by atoms with Crippen molar-refractivity contribution in [3.8, 4) is 11.1 Å². The van der Waals surface area contributed by atoms with Gasteiger partial charge in [-0.15, -0.1) is 0 Å². The second kappa shape index (κ2) is 9.80. The second-order valence-electron chi connectivity index (χ2n) is 9.72. The van der Waals surface area contributed by atoms with E-state index < -0.39 is 35.2 Å². The van der Waals surface area contributed by atoms with Crippen molar-refractivity contribution in [2.45, 2.75) is 57.2 Å². The van der Waals surface area contributed by atoms with Gasteiger partial charge in [0.25, 0.3) is 5.60 Å². The second-order valence-corrected chi connectivity index (χ2v) is 9.72. The van der Waals surface area contributed by atoms with Gasteiger partial charge in [-0.1, -0.05) is 54.1 Å². The van der Waals surface area contributed by atoms with Crippen molar-refractivity contribution in [3.05, 3.63) is 65.2 Å². The molecule has 0 saturated carbocycles. The molecule has 0 aliphatic carbocycles. The zero-order valence-electron chi connectivity index (χ0n) is 20.0. The van der Waals surface area contributed by atoms with Gasteiger partial charge in [0.1, 0.15) is 5.60 Å². The summed E-state index contributed by atoms with van der Waals surface area (Å²) in [6, 6.07) is 10.4. The van der Waals surface area contributed by atoms with Crippen LogP contribution in [0.5, 0.6) is 0 Å². The molecule has 0 bridgehead atoms. The van der Waals surface area contributed by atoms with E-state index in [1.54, 1.807) is 43.9 Å². The molecule has 2 aromatic rings. The maximum absolute atomic E-state index is 13.1. The molecule has 3 rings (SSSR count). The van der Waals surface area contributed by atoms with Gasteiger partial charge in [-0.05, 0) is 56.4 Å². The minimum Gasteiger partial charge on any atom is -0.444 e. The van der Waals surface area contributed by atoms with E-state index in [0.717, 1.165) is 36.1 Å². The topological polar surface area (TPSA) is 49.8 Å². The minimum atomic E-state index is -5.94. The lowest BCUT2D eigenvalue weighted by Crippen LogP contribution is -2.53. The Morgan fingerprint density at radius 2 is 1.56 bits per heavy atom. The van der Waals surface area contributed by atoms with E-state index in [2.05, 4.69) is 0 Å². The fourth-order valence-corrected chi connectivity index (χ4v) is 3.94. The van der Waals surface area contributed by atoms with Gasteiger partial charge in [0.05, 0.1) is 0 Å². The van der Waals surface area contributed by atoms with Crippen LogP contribution in [0.4, 0.5) is 31.1 Å². The molecule has 1 heterocycles. The number of amides is 1. The number of carbonyl (C=O) groups excluding carboxylic acids is 1. The highest BCUT2D eigenvalue weighted by Crippen LogP contribution is 2.50. The lowest BCUT2D eigenvalue weighted by molar-refractivity contribution is -0.376. The maximum atomic E-state index is 13.1. The third-order valence-corrected chi connectivity index (χ3v) is 5.69. The highest BCUT2D eigenvalue weighted by atomic mass is 19.4. The number of ether oxygens (including phenoxy) is 1. The summed E-state index contributed by atoms with van der Waals surface area (Å²) >= 11 is 0. The number of hydrogen-bond donors (Lipinski definition) is 1. The van der Waals surface area contributed by atoms with Crippen LogP contribution >= 0.6 is 0 Å². The summed E-state index contributed by atoms with van der Waals surface area (Å²) in [6.07, 6.45) is -8.85. The summed E-state index contributed by atoms with van der Waals surface area (Å²) in [5.41, 5.74) is -4.19. The van der Waals surface area contributed by atoms with Gasteiger partial charge >= 0.3 is 18.4 Å². The molecule has 4 nitrogen and oxygen atoms in total. The van der Waals surface area contributed by atoms with E-state index in [1.165, 1.54) is 0 Å². The van der Waals surface area contributed by atoms with Crippen molar-refractivity contribution in [1.29, 1.82) is 0 Å². The van der Waals surface area contributed by atoms with Crippen molar-refractivity contribution in [2.75, 3.05) is 13.1 Å². The quantitative estimate of drug-likeness (QED) is 0.445. The third-order valence-electron chi connectivity index (χ3n) is 5.69. The number of carbonyl (C=O) groups is 1.